The third-order valence-electron chi connectivity index (χ3n) is 3.50. The zero-order valence-electron chi connectivity index (χ0n) is 10.8. The minimum absolute atomic E-state index is 0.247. The Kier molecular flexibility index (Phi) is 2.92. The summed E-state index contributed by atoms with van der Waals surface area (Å²) in [5.74, 6) is 0. The number of nitrogens with zero attached hydrogens (tertiary/aromatic N) is 1. The second-order valence-corrected chi connectivity index (χ2v) is 4.70. The van der Waals surface area contributed by atoms with Gasteiger partial charge in [-0.2, -0.15) is 0 Å². The molecule has 2 heteroatoms. The number of carbonyl (C=O) groups is 1. The van der Waals surface area contributed by atoms with E-state index in [2.05, 4.69) is 17.0 Å². The summed E-state index contributed by atoms with van der Waals surface area (Å²) in [5.41, 5.74) is 4.32. The second kappa shape index (κ2) is 4.73. The molecule has 0 aliphatic carbocycles. The van der Waals surface area contributed by atoms with Gasteiger partial charge in [0.25, 0.3) is 0 Å². The Morgan fingerprint density at radius 3 is 2.42 bits per heavy atom. The van der Waals surface area contributed by atoms with E-state index >= 15 is 0 Å². The Balaban J connectivity index is 2.15. The van der Waals surface area contributed by atoms with Crippen LogP contribution in [0.2, 0.25) is 0 Å². The van der Waals surface area contributed by atoms with Gasteiger partial charge in [-0.3, -0.25) is 0 Å². The molecule has 19 heavy (non-hydrogen) atoms. The highest BCUT2D eigenvalue weighted by Gasteiger charge is 2.26. The third-order valence-corrected chi connectivity index (χ3v) is 3.50. The standard InChI is InChI=1S/C17H15NO/c1-13-11-14-7-5-6-10-16(14)17(12-19)18(13)15-8-3-2-4-9-15/h2-12,17H,1H3. The number of aldehydes is 1. The summed E-state index contributed by atoms with van der Waals surface area (Å²) in [6.07, 6.45) is 3.14. The van der Waals surface area contributed by atoms with Crippen molar-refractivity contribution in [2.45, 2.75) is 13.0 Å². The van der Waals surface area contributed by atoms with Crippen LogP contribution in [-0.4, -0.2) is 6.29 Å². The number of allylic oxidation sites excluding steroid dienone is 1. The van der Waals surface area contributed by atoms with E-state index in [9.17, 15) is 4.79 Å². The largest absolute Gasteiger partial charge is 0.331 e. The second-order valence-electron chi connectivity index (χ2n) is 4.70. The molecule has 1 aliphatic rings. The molecule has 0 saturated carbocycles. The lowest BCUT2D eigenvalue weighted by Crippen LogP contribution is -2.31. The molecule has 1 atom stereocenters. The van der Waals surface area contributed by atoms with E-state index in [1.807, 2.05) is 55.5 Å². The highest BCUT2D eigenvalue weighted by Crippen LogP contribution is 2.36. The fraction of sp³-hybridized carbons (Fsp3) is 0.118. The normalized spacial score (nSPS) is 17.6. The average molecular weight is 249 g/mol. The lowest BCUT2D eigenvalue weighted by atomic mass is 9.94. The molecule has 0 saturated heterocycles. The lowest BCUT2D eigenvalue weighted by Gasteiger charge is -2.35. The number of carbonyl (C=O) groups excluding carboxylic acids is 1. The molecule has 1 heterocycles. The molecule has 0 aromatic heterocycles. The van der Waals surface area contributed by atoms with Crippen molar-refractivity contribution in [3.05, 3.63) is 71.4 Å². The Bertz CT molecular complexity index is 631. The van der Waals surface area contributed by atoms with Crippen molar-refractivity contribution >= 4 is 18.0 Å². The van der Waals surface area contributed by atoms with Gasteiger partial charge < -0.3 is 9.69 Å². The van der Waals surface area contributed by atoms with E-state index in [1.165, 1.54) is 0 Å². The van der Waals surface area contributed by atoms with Crippen molar-refractivity contribution in [3.63, 3.8) is 0 Å². The summed E-state index contributed by atoms with van der Waals surface area (Å²) < 4.78 is 0. The zero-order valence-corrected chi connectivity index (χ0v) is 10.8. The van der Waals surface area contributed by atoms with Crippen molar-refractivity contribution < 1.29 is 4.79 Å². The molecule has 0 amide bonds. The number of hydrogen-bond acceptors (Lipinski definition) is 2. The van der Waals surface area contributed by atoms with E-state index in [4.69, 9.17) is 0 Å². The molecule has 2 nitrogen and oxygen atoms in total. The van der Waals surface area contributed by atoms with Gasteiger partial charge in [-0.05, 0) is 36.3 Å². The summed E-state index contributed by atoms with van der Waals surface area (Å²) in [6, 6.07) is 17.8. The number of anilines is 1. The first kappa shape index (κ1) is 11.7. The van der Waals surface area contributed by atoms with Crippen LogP contribution in [0.1, 0.15) is 24.1 Å². The number of benzene rings is 2. The highest BCUT2D eigenvalue weighted by molar-refractivity contribution is 5.79. The summed E-state index contributed by atoms with van der Waals surface area (Å²) in [5, 5.41) is 0. The molecule has 2 aromatic carbocycles. The van der Waals surface area contributed by atoms with Crippen LogP contribution in [0.4, 0.5) is 5.69 Å². The van der Waals surface area contributed by atoms with Crippen LogP contribution < -0.4 is 4.90 Å². The van der Waals surface area contributed by atoms with E-state index in [0.717, 1.165) is 28.8 Å². The van der Waals surface area contributed by atoms with Gasteiger partial charge in [0.15, 0.2) is 0 Å². The van der Waals surface area contributed by atoms with Crippen LogP contribution in [0.5, 0.6) is 0 Å². The van der Waals surface area contributed by atoms with Gasteiger partial charge in [-0.15, -0.1) is 0 Å². The van der Waals surface area contributed by atoms with Gasteiger partial charge in [-0.25, -0.2) is 0 Å². The van der Waals surface area contributed by atoms with E-state index < -0.39 is 0 Å². The Hall–Kier alpha value is -2.35. The number of hydrogen-bond donors (Lipinski definition) is 0. The van der Waals surface area contributed by atoms with Crippen molar-refractivity contribution in [3.8, 4) is 0 Å². The first-order valence-corrected chi connectivity index (χ1v) is 6.38. The van der Waals surface area contributed by atoms with Gasteiger partial charge in [-0.1, -0.05) is 42.5 Å². The number of para-hydroxylation sites is 1. The maximum atomic E-state index is 11.6. The van der Waals surface area contributed by atoms with Crippen LogP contribution in [0, 0.1) is 0 Å². The fourth-order valence-corrected chi connectivity index (χ4v) is 2.65. The van der Waals surface area contributed by atoms with Crippen LogP contribution in [0.15, 0.2) is 60.3 Å². The highest BCUT2D eigenvalue weighted by atomic mass is 16.1. The minimum atomic E-state index is -0.247. The third kappa shape index (κ3) is 1.95. The zero-order chi connectivity index (χ0) is 13.2. The smallest absolute Gasteiger partial charge is 0.147 e. The molecule has 1 unspecified atom stereocenters. The molecule has 0 N–H and O–H groups in total. The van der Waals surface area contributed by atoms with E-state index in [-0.39, 0.29) is 6.04 Å². The Morgan fingerprint density at radius 2 is 1.68 bits per heavy atom. The Morgan fingerprint density at radius 1 is 1.00 bits per heavy atom. The fourth-order valence-electron chi connectivity index (χ4n) is 2.65. The SMILES string of the molecule is CC1=Cc2ccccc2C(C=O)N1c1ccccc1. The van der Waals surface area contributed by atoms with Crippen LogP contribution in [0.25, 0.3) is 6.08 Å². The minimum Gasteiger partial charge on any atom is -0.331 e. The van der Waals surface area contributed by atoms with Gasteiger partial charge in [0.1, 0.15) is 12.3 Å². The molecular weight excluding hydrogens is 234 g/mol. The molecule has 0 spiro atoms. The van der Waals surface area contributed by atoms with Crippen molar-refractivity contribution in [2.75, 3.05) is 4.90 Å². The number of rotatable bonds is 2. The summed E-state index contributed by atoms with van der Waals surface area (Å²) >= 11 is 0. The first-order chi connectivity index (χ1) is 9.31. The van der Waals surface area contributed by atoms with Crippen LogP contribution in [0.3, 0.4) is 0 Å². The molecule has 3 rings (SSSR count). The number of fused-ring (bicyclic) bond motifs is 1. The van der Waals surface area contributed by atoms with Crippen LogP contribution >= 0.6 is 0 Å². The molecule has 0 bridgehead atoms. The topological polar surface area (TPSA) is 20.3 Å². The van der Waals surface area contributed by atoms with Gasteiger partial charge >= 0.3 is 0 Å². The first-order valence-electron chi connectivity index (χ1n) is 6.38. The Labute approximate surface area is 113 Å². The molecule has 0 fully saturated rings. The van der Waals surface area contributed by atoms with Crippen molar-refractivity contribution in [2.24, 2.45) is 0 Å². The maximum Gasteiger partial charge on any atom is 0.147 e. The van der Waals surface area contributed by atoms with Gasteiger partial charge in [0.2, 0.25) is 0 Å². The quantitative estimate of drug-likeness (QED) is 0.754. The molecule has 1 aliphatic heterocycles. The average Bonchev–Trinajstić information content (AvgIpc) is 2.46. The summed E-state index contributed by atoms with van der Waals surface area (Å²) in [4.78, 5) is 13.7. The van der Waals surface area contributed by atoms with E-state index in [0.29, 0.717) is 0 Å². The molecule has 0 radical (unpaired) electrons. The van der Waals surface area contributed by atoms with Crippen molar-refractivity contribution in [1.29, 1.82) is 0 Å². The van der Waals surface area contributed by atoms with Crippen molar-refractivity contribution in [1.82, 2.24) is 0 Å². The lowest BCUT2D eigenvalue weighted by molar-refractivity contribution is -0.109. The molecular formula is C17H15NO. The molecule has 2 aromatic rings. The predicted molar refractivity (Wildman–Crippen MR) is 77.8 cm³/mol. The monoisotopic (exact) mass is 249 g/mol. The predicted octanol–water partition coefficient (Wildman–Crippen LogP) is 3.81. The molecule has 94 valence electrons. The summed E-state index contributed by atoms with van der Waals surface area (Å²) in [6.45, 7) is 2.04. The summed E-state index contributed by atoms with van der Waals surface area (Å²) in [7, 11) is 0. The van der Waals surface area contributed by atoms with E-state index in [1.54, 1.807) is 0 Å². The van der Waals surface area contributed by atoms with Gasteiger partial charge in [0, 0.05) is 11.4 Å². The van der Waals surface area contributed by atoms with Gasteiger partial charge in [0.05, 0.1) is 0 Å². The maximum absolute atomic E-state index is 11.6. The van der Waals surface area contributed by atoms with Crippen LogP contribution in [-0.2, 0) is 4.79 Å².